The highest BCUT2D eigenvalue weighted by Gasteiger charge is 2.58. The zero-order chi connectivity index (χ0) is 28.8. The largest absolute Gasteiger partial charge is 0.490 e. The standard InChI is InChI=1S/C29H29F2N5O4/c1-14(2)24(36-39)27(37)33-25(23-20-11-18(30)12-21(31)26(20)40-13-29(23)9-10-29)28(38)32-19-7-5-17(6-8-19)22-15(3)34-35-16(22)4/h5-8,11-12,23,25,39H,1,9-10,13H2,2-4H3,(H,32,38)(H,33,37)(H,34,35)/b36-24+. The molecule has 4 N–H and O–H groups in total. The second kappa shape index (κ2) is 10.2. The minimum atomic E-state index is -1.28. The molecule has 1 aromatic heterocycles. The zero-order valence-electron chi connectivity index (χ0n) is 22.3. The second-order valence-corrected chi connectivity index (χ2v) is 10.5. The number of oxime groups is 1. The van der Waals surface area contributed by atoms with E-state index in [1.54, 1.807) is 12.1 Å². The lowest BCUT2D eigenvalue weighted by atomic mass is 9.75. The Balaban J connectivity index is 1.51. The summed E-state index contributed by atoms with van der Waals surface area (Å²) in [6.07, 6.45) is 1.27. The van der Waals surface area contributed by atoms with Crippen molar-refractivity contribution in [2.24, 2.45) is 10.6 Å². The molecule has 9 nitrogen and oxygen atoms in total. The minimum absolute atomic E-state index is 0.104. The number of ether oxygens (including phenoxy) is 1. The van der Waals surface area contributed by atoms with Crippen molar-refractivity contribution in [3.8, 4) is 16.9 Å². The Morgan fingerprint density at radius 3 is 2.50 bits per heavy atom. The van der Waals surface area contributed by atoms with Gasteiger partial charge in [0.05, 0.1) is 12.3 Å². The van der Waals surface area contributed by atoms with Crippen LogP contribution in [0.3, 0.4) is 0 Å². The van der Waals surface area contributed by atoms with Crippen LogP contribution in [0.2, 0.25) is 0 Å². The summed E-state index contributed by atoms with van der Waals surface area (Å²) in [4.78, 5) is 27.0. The second-order valence-electron chi connectivity index (χ2n) is 10.5. The van der Waals surface area contributed by atoms with Gasteiger partial charge in [0.25, 0.3) is 5.91 Å². The summed E-state index contributed by atoms with van der Waals surface area (Å²) in [5, 5.41) is 25.1. The molecule has 2 heterocycles. The number of hydrogen-bond acceptors (Lipinski definition) is 6. The van der Waals surface area contributed by atoms with Crippen LogP contribution in [0.4, 0.5) is 14.5 Å². The number of aryl methyl sites for hydroxylation is 2. The van der Waals surface area contributed by atoms with Gasteiger partial charge < -0.3 is 20.6 Å². The van der Waals surface area contributed by atoms with Crippen molar-refractivity contribution in [2.45, 2.75) is 45.6 Å². The van der Waals surface area contributed by atoms with Crippen LogP contribution in [0.25, 0.3) is 11.1 Å². The summed E-state index contributed by atoms with van der Waals surface area (Å²) >= 11 is 0. The molecular weight excluding hydrogens is 520 g/mol. The van der Waals surface area contributed by atoms with Gasteiger partial charge in [-0.25, -0.2) is 8.78 Å². The number of hydrogen-bond donors (Lipinski definition) is 4. The van der Waals surface area contributed by atoms with E-state index >= 15 is 0 Å². The molecule has 0 bridgehead atoms. The maximum absolute atomic E-state index is 14.7. The number of nitrogens with one attached hydrogen (secondary N) is 3. The van der Waals surface area contributed by atoms with E-state index in [2.05, 4.69) is 32.6 Å². The molecule has 2 aliphatic rings. The first-order valence-electron chi connectivity index (χ1n) is 12.8. The van der Waals surface area contributed by atoms with Crippen LogP contribution in [-0.4, -0.2) is 45.6 Å². The summed E-state index contributed by atoms with van der Waals surface area (Å²) in [5.74, 6) is -4.14. The Labute approximate surface area is 229 Å². The number of benzene rings is 2. The van der Waals surface area contributed by atoms with Crippen LogP contribution >= 0.6 is 0 Å². The van der Waals surface area contributed by atoms with Crippen LogP contribution < -0.4 is 15.4 Å². The molecule has 1 spiro atoms. The van der Waals surface area contributed by atoms with Crippen LogP contribution in [0, 0.1) is 30.9 Å². The van der Waals surface area contributed by atoms with Crippen LogP contribution in [0.15, 0.2) is 53.7 Å². The number of amides is 2. The molecule has 11 heteroatoms. The van der Waals surface area contributed by atoms with Crippen molar-refractivity contribution >= 4 is 23.2 Å². The Morgan fingerprint density at radius 1 is 1.23 bits per heavy atom. The van der Waals surface area contributed by atoms with Crippen molar-refractivity contribution in [3.63, 3.8) is 0 Å². The van der Waals surface area contributed by atoms with E-state index in [-0.39, 0.29) is 29.2 Å². The van der Waals surface area contributed by atoms with Gasteiger partial charge in [0.1, 0.15) is 11.9 Å². The number of fused-ring (bicyclic) bond motifs is 1. The van der Waals surface area contributed by atoms with E-state index in [1.165, 1.54) is 6.92 Å². The van der Waals surface area contributed by atoms with Crippen LogP contribution in [0.1, 0.15) is 42.6 Å². The summed E-state index contributed by atoms with van der Waals surface area (Å²) in [6.45, 7) is 9.03. The van der Waals surface area contributed by atoms with Gasteiger partial charge in [-0.05, 0) is 62.9 Å². The first-order valence-corrected chi connectivity index (χ1v) is 12.8. The van der Waals surface area contributed by atoms with Crippen molar-refractivity contribution < 1.29 is 28.3 Å². The van der Waals surface area contributed by atoms with E-state index in [0.717, 1.165) is 34.6 Å². The van der Waals surface area contributed by atoms with Crippen LogP contribution in [0.5, 0.6) is 5.75 Å². The molecule has 0 saturated heterocycles. The number of nitrogens with zero attached hydrogens (tertiary/aromatic N) is 2. The molecule has 1 saturated carbocycles. The molecule has 3 aromatic rings. The highest BCUT2D eigenvalue weighted by atomic mass is 19.1. The van der Waals surface area contributed by atoms with Gasteiger partial charge in [-0.2, -0.15) is 5.10 Å². The Hall–Kier alpha value is -4.54. The first-order chi connectivity index (χ1) is 19.0. The lowest BCUT2D eigenvalue weighted by Crippen LogP contribution is -2.53. The monoisotopic (exact) mass is 549 g/mol. The molecule has 40 heavy (non-hydrogen) atoms. The molecule has 2 unspecified atom stereocenters. The molecule has 2 aromatic carbocycles. The fourth-order valence-electron chi connectivity index (χ4n) is 5.50. The average Bonchev–Trinajstić information content (AvgIpc) is 3.58. The maximum atomic E-state index is 14.7. The topological polar surface area (TPSA) is 129 Å². The van der Waals surface area contributed by atoms with Crippen molar-refractivity contribution in [3.05, 3.63) is 77.1 Å². The normalized spacial score (nSPS) is 17.9. The predicted octanol–water partition coefficient (Wildman–Crippen LogP) is 4.76. The van der Waals surface area contributed by atoms with E-state index < -0.39 is 40.8 Å². The number of halogens is 2. The van der Waals surface area contributed by atoms with E-state index in [9.17, 15) is 23.6 Å². The third kappa shape index (κ3) is 4.83. The predicted molar refractivity (Wildman–Crippen MR) is 144 cm³/mol. The number of aromatic amines is 1. The molecular formula is C29H29F2N5O4. The lowest BCUT2D eigenvalue weighted by Gasteiger charge is -2.38. The fraction of sp³-hybridized carbons (Fsp3) is 0.310. The lowest BCUT2D eigenvalue weighted by molar-refractivity contribution is -0.124. The van der Waals surface area contributed by atoms with E-state index in [0.29, 0.717) is 18.5 Å². The van der Waals surface area contributed by atoms with Gasteiger partial charge in [-0.15, -0.1) is 0 Å². The third-order valence-electron chi connectivity index (χ3n) is 7.62. The minimum Gasteiger partial charge on any atom is -0.490 e. The SMILES string of the molecule is C=C(C)/C(=N\O)C(=O)NC(C(=O)Nc1ccc(-c2c(C)n[nH]c2C)cc1)C1c2cc(F)cc(F)c2OCC12CC2. The highest BCUT2D eigenvalue weighted by Crippen LogP contribution is 2.61. The van der Waals surface area contributed by atoms with Gasteiger partial charge in [0, 0.05) is 39.9 Å². The third-order valence-corrected chi connectivity index (χ3v) is 7.62. The van der Waals surface area contributed by atoms with Gasteiger partial charge in [-0.3, -0.25) is 14.7 Å². The van der Waals surface area contributed by atoms with Crippen molar-refractivity contribution in [2.75, 3.05) is 11.9 Å². The number of aromatic nitrogens is 2. The quantitative estimate of drug-likeness (QED) is 0.192. The van der Waals surface area contributed by atoms with Gasteiger partial charge in [0.2, 0.25) is 5.91 Å². The maximum Gasteiger partial charge on any atom is 0.274 e. The van der Waals surface area contributed by atoms with Gasteiger partial charge in [-0.1, -0.05) is 23.9 Å². The Kier molecular flexibility index (Phi) is 6.91. The molecule has 5 rings (SSSR count). The number of carbonyl (C=O) groups excluding carboxylic acids is 2. The highest BCUT2D eigenvalue weighted by molar-refractivity contribution is 6.45. The number of carbonyl (C=O) groups is 2. The first kappa shape index (κ1) is 27.0. The summed E-state index contributed by atoms with van der Waals surface area (Å²) in [6, 6.07) is 7.68. The Morgan fingerprint density at radius 2 is 1.93 bits per heavy atom. The number of H-pyrrole nitrogens is 1. The zero-order valence-corrected chi connectivity index (χ0v) is 22.3. The fourth-order valence-corrected chi connectivity index (χ4v) is 5.50. The molecule has 2 amide bonds. The summed E-state index contributed by atoms with van der Waals surface area (Å²) < 4.78 is 34.8. The molecule has 0 radical (unpaired) electrons. The summed E-state index contributed by atoms with van der Waals surface area (Å²) in [7, 11) is 0. The van der Waals surface area contributed by atoms with Crippen molar-refractivity contribution in [1.82, 2.24) is 15.5 Å². The Bertz CT molecular complexity index is 1520. The average molecular weight is 550 g/mol. The van der Waals surface area contributed by atoms with E-state index in [1.807, 2.05) is 26.0 Å². The van der Waals surface area contributed by atoms with Crippen LogP contribution in [-0.2, 0) is 9.59 Å². The smallest absolute Gasteiger partial charge is 0.274 e. The number of anilines is 1. The number of rotatable bonds is 7. The summed E-state index contributed by atoms with van der Waals surface area (Å²) in [5.41, 5.74) is 3.40. The molecule has 208 valence electrons. The van der Waals surface area contributed by atoms with Gasteiger partial charge in [0.15, 0.2) is 17.3 Å². The molecule has 2 atom stereocenters. The van der Waals surface area contributed by atoms with E-state index in [4.69, 9.17) is 4.74 Å². The molecule has 1 aliphatic carbocycles. The van der Waals surface area contributed by atoms with Crippen molar-refractivity contribution in [1.29, 1.82) is 0 Å². The molecule has 1 aliphatic heterocycles. The molecule has 1 fully saturated rings. The van der Waals surface area contributed by atoms with Gasteiger partial charge >= 0.3 is 0 Å².